The topological polar surface area (TPSA) is 80.5 Å². The molecule has 2 atom stereocenters. The third kappa shape index (κ3) is 4.58. The summed E-state index contributed by atoms with van der Waals surface area (Å²) < 4.78 is 26.5. The molecule has 0 spiro atoms. The number of hydrogen-bond donors (Lipinski definition) is 1. The first-order chi connectivity index (χ1) is 13.4. The SMILES string of the molecule is C#CCN1CCC(C(N)=O)CC1S(=O)(=O)c1ccc(Sc2ccccc2)cc1. The van der Waals surface area contributed by atoms with E-state index in [1.165, 1.54) is 0 Å². The van der Waals surface area contributed by atoms with E-state index in [0.717, 1.165) is 9.79 Å². The Morgan fingerprint density at radius 2 is 1.79 bits per heavy atom. The van der Waals surface area contributed by atoms with Gasteiger partial charge in [-0.1, -0.05) is 35.9 Å². The van der Waals surface area contributed by atoms with Crippen molar-refractivity contribution in [1.82, 2.24) is 4.90 Å². The molecule has 28 heavy (non-hydrogen) atoms. The van der Waals surface area contributed by atoms with Crippen molar-refractivity contribution in [2.24, 2.45) is 11.7 Å². The van der Waals surface area contributed by atoms with Gasteiger partial charge in [0.15, 0.2) is 9.84 Å². The molecule has 1 heterocycles. The number of carbonyl (C=O) groups is 1. The van der Waals surface area contributed by atoms with Crippen LogP contribution in [-0.4, -0.2) is 37.7 Å². The standard InChI is InChI=1S/C21H22N2O3S2/c1-2-13-23-14-12-16(21(22)24)15-20(23)28(25,26)19-10-8-18(9-11-19)27-17-6-4-3-5-7-17/h1,3-11,16,20H,12-15H2,(H2,22,24). The Hall–Kier alpha value is -2.27. The first-order valence-corrected chi connectivity index (χ1v) is 11.3. The maximum atomic E-state index is 13.2. The van der Waals surface area contributed by atoms with Crippen LogP contribution in [-0.2, 0) is 14.6 Å². The van der Waals surface area contributed by atoms with E-state index in [0.29, 0.717) is 13.0 Å². The summed E-state index contributed by atoms with van der Waals surface area (Å²) in [5.41, 5.74) is 5.43. The molecule has 3 rings (SSSR count). The van der Waals surface area contributed by atoms with Crippen molar-refractivity contribution in [2.75, 3.05) is 13.1 Å². The lowest BCUT2D eigenvalue weighted by Gasteiger charge is -2.36. The molecular formula is C21H22N2O3S2. The van der Waals surface area contributed by atoms with Crippen molar-refractivity contribution in [1.29, 1.82) is 0 Å². The fraction of sp³-hybridized carbons (Fsp3) is 0.286. The average molecular weight is 415 g/mol. The van der Waals surface area contributed by atoms with Crippen LogP contribution in [0.1, 0.15) is 12.8 Å². The quantitative estimate of drug-likeness (QED) is 0.735. The van der Waals surface area contributed by atoms with Crippen molar-refractivity contribution in [3.8, 4) is 12.3 Å². The maximum absolute atomic E-state index is 13.2. The number of piperidine rings is 1. The number of hydrogen-bond acceptors (Lipinski definition) is 5. The number of terminal acetylenes is 1. The number of likely N-dealkylation sites (tertiary alicyclic amines) is 1. The summed E-state index contributed by atoms with van der Waals surface area (Å²) in [4.78, 5) is 15.6. The Morgan fingerprint density at radius 1 is 1.14 bits per heavy atom. The van der Waals surface area contributed by atoms with Gasteiger partial charge in [0.05, 0.1) is 11.4 Å². The van der Waals surface area contributed by atoms with Gasteiger partial charge in [-0.2, -0.15) is 0 Å². The minimum Gasteiger partial charge on any atom is -0.369 e. The van der Waals surface area contributed by atoms with E-state index in [9.17, 15) is 13.2 Å². The zero-order chi connectivity index (χ0) is 20.1. The van der Waals surface area contributed by atoms with Gasteiger partial charge in [0.1, 0.15) is 5.37 Å². The fourth-order valence-corrected chi connectivity index (χ4v) is 6.06. The average Bonchev–Trinajstić information content (AvgIpc) is 2.69. The molecule has 146 valence electrons. The number of sulfone groups is 1. The molecule has 2 N–H and O–H groups in total. The van der Waals surface area contributed by atoms with Crippen LogP contribution in [0.3, 0.4) is 0 Å². The highest BCUT2D eigenvalue weighted by Crippen LogP contribution is 2.32. The second-order valence-corrected chi connectivity index (χ2v) is 9.94. The highest BCUT2D eigenvalue weighted by atomic mass is 32.2. The second kappa shape index (κ2) is 8.82. The molecule has 1 amide bonds. The zero-order valence-corrected chi connectivity index (χ0v) is 17.0. The Labute approximate surface area is 170 Å². The van der Waals surface area contributed by atoms with Gasteiger partial charge in [-0.3, -0.25) is 9.69 Å². The van der Waals surface area contributed by atoms with E-state index in [-0.39, 0.29) is 17.9 Å². The van der Waals surface area contributed by atoms with Gasteiger partial charge in [-0.05, 0) is 49.2 Å². The van der Waals surface area contributed by atoms with Crippen LogP contribution in [0, 0.1) is 18.3 Å². The lowest BCUT2D eigenvalue weighted by molar-refractivity contribution is -0.123. The first-order valence-electron chi connectivity index (χ1n) is 8.95. The summed E-state index contributed by atoms with van der Waals surface area (Å²) in [5, 5.41) is -0.845. The van der Waals surface area contributed by atoms with Crippen molar-refractivity contribution < 1.29 is 13.2 Å². The molecular weight excluding hydrogens is 392 g/mol. The second-order valence-electron chi connectivity index (χ2n) is 6.68. The van der Waals surface area contributed by atoms with E-state index >= 15 is 0 Å². The third-order valence-corrected chi connectivity index (χ3v) is 8.00. The van der Waals surface area contributed by atoms with E-state index in [2.05, 4.69) is 5.92 Å². The summed E-state index contributed by atoms with van der Waals surface area (Å²) in [5.74, 6) is 1.59. The van der Waals surface area contributed by atoms with E-state index < -0.39 is 27.0 Å². The van der Waals surface area contributed by atoms with Crippen molar-refractivity contribution in [3.05, 3.63) is 54.6 Å². The van der Waals surface area contributed by atoms with Crippen LogP contribution < -0.4 is 5.73 Å². The molecule has 1 fully saturated rings. The lowest BCUT2D eigenvalue weighted by Crippen LogP contribution is -2.49. The minimum atomic E-state index is -3.68. The number of benzene rings is 2. The number of nitrogens with zero attached hydrogens (tertiary/aromatic N) is 1. The van der Waals surface area contributed by atoms with Gasteiger partial charge >= 0.3 is 0 Å². The highest BCUT2D eigenvalue weighted by molar-refractivity contribution is 7.99. The lowest BCUT2D eigenvalue weighted by atomic mass is 9.96. The predicted octanol–water partition coefficient (Wildman–Crippen LogP) is 2.77. The highest BCUT2D eigenvalue weighted by Gasteiger charge is 2.39. The molecule has 0 radical (unpaired) electrons. The van der Waals surface area contributed by atoms with Crippen LogP contribution in [0.25, 0.3) is 0 Å². The number of nitrogens with two attached hydrogens (primary N) is 1. The van der Waals surface area contributed by atoms with Crippen LogP contribution in [0.5, 0.6) is 0 Å². The molecule has 5 nitrogen and oxygen atoms in total. The summed E-state index contributed by atoms with van der Waals surface area (Å²) in [6.07, 6.45) is 6.10. The molecule has 1 aliphatic heterocycles. The summed E-state index contributed by atoms with van der Waals surface area (Å²) in [6, 6.07) is 16.7. The fourth-order valence-electron chi connectivity index (χ4n) is 3.33. The largest absolute Gasteiger partial charge is 0.369 e. The van der Waals surface area contributed by atoms with Crippen LogP contribution >= 0.6 is 11.8 Å². The van der Waals surface area contributed by atoms with Crippen molar-refractivity contribution >= 4 is 27.5 Å². The maximum Gasteiger partial charge on any atom is 0.220 e. The number of carbonyl (C=O) groups excluding carboxylic acids is 1. The number of rotatable bonds is 6. The molecule has 2 aromatic carbocycles. The molecule has 0 aliphatic carbocycles. The van der Waals surface area contributed by atoms with Gasteiger partial charge in [0.2, 0.25) is 5.91 Å². The van der Waals surface area contributed by atoms with Crippen LogP contribution in [0.4, 0.5) is 0 Å². The Kier molecular flexibility index (Phi) is 6.45. The van der Waals surface area contributed by atoms with E-state index in [1.807, 2.05) is 30.3 Å². The third-order valence-electron chi connectivity index (χ3n) is 4.84. The summed E-state index contributed by atoms with van der Waals surface area (Å²) >= 11 is 1.56. The Bertz CT molecular complexity index is 967. The van der Waals surface area contributed by atoms with Gasteiger partial charge in [-0.25, -0.2) is 8.42 Å². The predicted molar refractivity (Wildman–Crippen MR) is 110 cm³/mol. The Morgan fingerprint density at radius 3 is 2.39 bits per heavy atom. The molecule has 0 saturated carbocycles. The molecule has 0 bridgehead atoms. The van der Waals surface area contributed by atoms with Gasteiger partial charge in [-0.15, -0.1) is 6.42 Å². The first kappa shape index (κ1) is 20.5. The summed E-state index contributed by atoms with van der Waals surface area (Å²) in [6.45, 7) is 0.654. The summed E-state index contributed by atoms with van der Waals surface area (Å²) in [7, 11) is -3.68. The Balaban J connectivity index is 1.83. The van der Waals surface area contributed by atoms with Crippen molar-refractivity contribution in [3.63, 3.8) is 0 Å². The smallest absolute Gasteiger partial charge is 0.220 e. The van der Waals surface area contributed by atoms with E-state index in [1.54, 1.807) is 40.9 Å². The molecule has 2 aromatic rings. The van der Waals surface area contributed by atoms with Gasteiger partial charge in [0, 0.05) is 22.3 Å². The molecule has 1 aliphatic rings. The molecule has 1 saturated heterocycles. The zero-order valence-electron chi connectivity index (χ0n) is 15.3. The van der Waals surface area contributed by atoms with Crippen LogP contribution in [0.15, 0.2) is 69.3 Å². The van der Waals surface area contributed by atoms with Crippen LogP contribution in [0.2, 0.25) is 0 Å². The molecule has 2 unspecified atom stereocenters. The van der Waals surface area contributed by atoms with Crippen molar-refractivity contribution in [2.45, 2.75) is 32.9 Å². The minimum absolute atomic E-state index is 0.167. The number of primary amides is 1. The van der Waals surface area contributed by atoms with Gasteiger partial charge in [0.25, 0.3) is 0 Å². The monoisotopic (exact) mass is 414 g/mol. The normalized spacial score (nSPS) is 20.4. The van der Waals surface area contributed by atoms with E-state index in [4.69, 9.17) is 12.2 Å². The molecule has 7 heteroatoms. The van der Waals surface area contributed by atoms with Gasteiger partial charge < -0.3 is 5.73 Å². The number of amides is 1. The molecule has 0 aromatic heterocycles.